The summed E-state index contributed by atoms with van der Waals surface area (Å²) < 4.78 is 29.7. The predicted octanol–water partition coefficient (Wildman–Crippen LogP) is 2.96. The van der Waals surface area contributed by atoms with Crippen LogP contribution in [0.2, 0.25) is 0 Å². The Morgan fingerprint density at radius 3 is 2.74 bits per heavy atom. The van der Waals surface area contributed by atoms with E-state index in [1.807, 2.05) is 0 Å². The smallest absolute Gasteiger partial charge is 0.316 e. The summed E-state index contributed by atoms with van der Waals surface area (Å²) in [6.07, 6.45) is 6.56. The molecule has 0 heterocycles. The SMILES string of the molecule is CCC(CNCCSS(=O)(=O)O)C1CCCC(C)C1. The second kappa shape index (κ2) is 8.49. The first kappa shape index (κ1) is 17.3. The van der Waals surface area contributed by atoms with Gasteiger partial charge in [0, 0.05) is 12.3 Å². The van der Waals surface area contributed by atoms with Gasteiger partial charge in [-0.3, -0.25) is 4.55 Å². The Balaban J connectivity index is 2.21. The lowest BCUT2D eigenvalue weighted by Crippen LogP contribution is -2.31. The Bertz CT molecular complexity index is 346. The van der Waals surface area contributed by atoms with Crippen molar-refractivity contribution in [2.75, 3.05) is 18.8 Å². The lowest BCUT2D eigenvalue weighted by molar-refractivity contribution is 0.196. The molecule has 19 heavy (non-hydrogen) atoms. The summed E-state index contributed by atoms with van der Waals surface area (Å²) in [7, 11) is -3.29. The highest BCUT2D eigenvalue weighted by Gasteiger charge is 2.25. The zero-order valence-corrected chi connectivity index (χ0v) is 13.6. The lowest BCUT2D eigenvalue weighted by atomic mass is 9.75. The van der Waals surface area contributed by atoms with Gasteiger partial charge in [0.05, 0.1) is 0 Å². The monoisotopic (exact) mass is 309 g/mol. The molecule has 2 N–H and O–H groups in total. The van der Waals surface area contributed by atoms with Gasteiger partial charge in [-0.05, 0) is 41.5 Å². The van der Waals surface area contributed by atoms with Crippen molar-refractivity contribution < 1.29 is 13.0 Å². The zero-order chi connectivity index (χ0) is 14.3. The molecule has 0 amide bonds. The van der Waals surface area contributed by atoms with E-state index < -0.39 is 9.15 Å². The lowest BCUT2D eigenvalue weighted by Gasteiger charge is -2.33. The van der Waals surface area contributed by atoms with Crippen LogP contribution < -0.4 is 5.32 Å². The molecular formula is C13H27NO3S2. The Hall–Kier alpha value is 0.220. The highest BCUT2D eigenvalue weighted by Crippen LogP contribution is 2.34. The molecule has 0 aromatic heterocycles. The third-order valence-corrected chi connectivity index (χ3v) is 6.15. The Labute approximate surface area is 121 Å². The molecule has 0 saturated heterocycles. The fourth-order valence-corrected chi connectivity index (χ4v) is 4.38. The van der Waals surface area contributed by atoms with Crippen molar-refractivity contribution in [1.29, 1.82) is 0 Å². The van der Waals surface area contributed by atoms with E-state index in [1.54, 1.807) is 0 Å². The summed E-state index contributed by atoms with van der Waals surface area (Å²) in [5.41, 5.74) is 0. The molecule has 1 fully saturated rings. The zero-order valence-electron chi connectivity index (χ0n) is 12.0. The molecule has 1 saturated carbocycles. The maximum absolute atomic E-state index is 10.6. The maximum Gasteiger partial charge on any atom is 0.319 e. The minimum absolute atomic E-state index is 0.399. The van der Waals surface area contributed by atoms with E-state index in [2.05, 4.69) is 19.2 Å². The molecular weight excluding hydrogens is 282 g/mol. The first-order chi connectivity index (χ1) is 8.92. The van der Waals surface area contributed by atoms with Crippen LogP contribution in [0.1, 0.15) is 46.0 Å². The van der Waals surface area contributed by atoms with E-state index in [0.717, 1.165) is 18.4 Å². The minimum atomic E-state index is -3.88. The van der Waals surface area contributed by atoms with Crippen molar-refractivity contribution in [3.05, 3.63) is 0 Å². The maximum atomic E-state index is 10.6. The van der Waals surface area contributed by atoms with Gasteiger partial charge >= 0.3 is 9.15 Å². The van der Waals surface area contributed by atoms with Crippen LogP contribution in [0.4, 0.5) is 0 Å². The van der Waals surface area contributed by atoms with E-state index >= 15 is 0 Å². The van der Waals surface area contributed by atoms with Crippen LogP contribution in [0, 0.1) is 17.8 Å². The summed E-state index contributed by atoms with van der Waals surface area (Å²) >= 11 is 0. The van der Waals surface area contributed by atoms with Crippen LogP contribution in [-0.2, 0) is 9.15 Å². The molecule has 6 heteroatoms. The molecule has 0 spiro atoms. The van der Waals surface area contributed by atoms with Crippen LogP contribution in [0.3, 0.4) is 0 Å². The highest BCUT2D eigenvalue weighted by atomic mass is 33.1. The third kappa shape index (κ3) is 7.54. The first-order valence-corrected chi connectivity index (χ1v) is 10.2. The normalized spacial score (nSPS) is 26.3. The number of hydrogen-bond donors (Lipinski definition) is 2. The van der Waals surface area contributed by atoms with Gasteiger partial charge < -0.3 is 5.32 Å². The minimum Gasteiger partial charge on any atom is -0.316 e. The van der Waals surface area contributed by atoms with E-state index in [-0.39, 0.29) is 0 Å². The predicted molar refractivity (Wildman–Crippen MR) is 81.8 cm³/mol. The third-order valence-electron chi connectivity index (χ3n) is 4.09. The van der Waals surface area contributed by atoms with Crippen molar-refractivity contribution >= 4 is 19.9 Å². The van der Waals surface area contributed by atoms with Gasteiger partial charge in [0.15, 0.2) is 0 Å². The van der Waals surface area contributed by atoms with Crippen molar-refractivity contribution in [3.63, 3.8) is 0 Å². The summed E-state index contributed by atoms with van der Waals surface area (Å²) in [6, 6.07) is 0. The van der Waals surface area contributed by atoms with E-state index in [0.29, 0.717) is 29.0 Å². The quantitative estimate of drug-likeness (QED) is 0.410. The molecule has 0 aliphatic heterocycles. The van der Waals surface area contributed by atoms with Crippen LogP contribution in [0.15, 0.2) is 0 Å². The Morgan fingerprint density at radius 2 is 2.16 bits per heavy atom. The Kier molecular flexibility index (Phi) is 7.72. The Morgan fingerprint density at radius 1 is 1.42 bits per heavy atom. The largest absolute Gasteiger partial charge is 0.319 e. The van der Waals surface area contributed by atoms with Crippen LogP contribution in [0.25, 0.3) is 0 Å². The van der Waals surface area contributed by atoms with E-state index in [4.69, 9.17) is 4.55 Å². The summed E-state index contributed by atoms with van der Waals surface area (Å²) in [5, 5.41) is 3.32. The summed E-state index contributed by atoms with van der Waals surface area (Å²) in [6.45, 7) is 6.16. The van der Waals surface area contributed by atoms with Crippen molar-refractivity contribution in [3.8, 4) is 0 Å². The molecule has 4 nitrogen and oxygen atoms in total. The average molecular weight is 309 g/mol. The van der Waals surface area contributed by atoms with Crippen LogP contribution in [0.5, 0.6) is 0 Å². The van der Waals surface area contributed by atoms with E-state index in [1.165, 1.54) is 32.1 Å². The molecule has 0 bridgehead atoms. The molecule has 1 aliphatic carbocycles. The fourth-order valence-electron chi connectivity index (χ4n) is 3.06. The van der Waals surface area contributed by atoms with Crippen molar-refractivity contribution in [2.45, 2.75) is 46.0 Å². The molecule has 3 unspecified atom stereocenters. The second-order valence-electron chi connectivity index (χ2n) is 5.65. The van der Waals surface area contributed by atoms with Crippen LogP contribution >= 0.6 is 10.8 Å². The molecule has 0 aromatic carbocycles. The molecule has 1 aliphatic rings. The van der Waals surface area contributed by atoms with Gasteiger partial charge in [-0.1, -0.05) is 39.5 Å². The van der Waals surface area contributed by atoms with E-state index in [9.17, 15) is 8.42 Å². The fraction of sp³-hybridized carbons (Fsp3) is 1.00. The van der Waals surface area contributed by atoms with Gasteiger partial charge in [0.25, 0.3) is 0 Å². The van der Waals surface area contributed by atoms with Gasteiger partial charge in [0.1, 0.15) is 0 Å². The second-order valence-corrected chi connectivity index (χ2v) is 9.12. The molecule has 1 rings (SSSR count). The number of rotatable bonds is 8. The summed E-state index contributed by atoms with van der Waals surface area (Å²) in [4.78, 5) is 0. The molecule has 0 aromatic rings. The molecule has 114 valence electrons. The average Bonchev–Trinajstić information content (AvgIpc) is 2.32. The molecule has 0 radical (unpaired) electrons. The van der Waals surface area contributed by atoms with Gasteiger partial charge in [-0.2, -0.15) is 8.42 Å². The highest BCUT2D eigenvalue weighted by molar-refractivity contribution is 8.69. The van der Waals surface area contributed by atoms with Crippen LogP contribution in [-0.4, -0.2) is 31.8 Å². The molecule has 3 atom stereocenters. The van der Waals surface area contributed by atoms with Crippen molar-refractivity contribution in [1.82, 2.24) is 5.32 Å². The van der Waals surface area contributed by atoms with Crippen molar-refractivity contribution in [2.24, 2.45) is 17.8 Å². The number of hydrogen-bond acceptors (Lipinski definition) is 4. The first-order valence-electron chi connectivity index (χ1n) is 7.25. The van der Waals surface area contributed by atoms with Gasteiger partial charge in [-0.25, -0.2) is 0 Å². The summed E-state index contributed by atoms with van der Waals surface area (Å²) in [5.74, 6) is 2.76. The number of nitrogens with one attached hydrogen (secondary N) is 1. The van der Waals surface area contributed by atoms with Gasteiger partial charge in [0.2, 0.25) is 0 Å². The standard InChI is InChI=1S/C13H27NO3S2/c1-3-12(13-6-4-5-11(2)9-13)10-14-7-8-18-19(15,16)17/h11-14H,3-10H2,1-2H3,(H,15,16,17). The van der Waals surface area contributed by atoms with Gasteiger partial charge in [-0.15, -0.1) is 0 Å². The topological polar surface area (TPSA) is 66.4 Å².